The lowest BCUT2D eigenvalue weighted by atomic mass is 9.80. The van der Waals surface area contributed by atoms with Gasteiger partial charge in [-0.1, -0.05) is 314 Å². The molecule has 118 heavy (non-hydrogen) atoms. The Morgan fingerprint density at radius 1 is 0.169 bits per heavy atom. The number of para-hydroxylation sites is 4. The number of phenolic OH excluding ortho intramolecular Hbond substituents is 8. The Bertz CT molecular complexity index is 6160. The van der Waals surface area contributed by atoms with Crippen LogP contribution in [0.3, 0.4) is 0 Å². The summed E-state index contributed by atoms with van der Waals surface area (Å²) < 4.78 is 0. The lowest BCUT2D eigenvalue weighted by Gasteiger charge is -2.25. The van der Waals surface area contributed by atoms with Crippen LogP contribution in [0, 0.1) is 27.7 Å². The van der Waals surface area contributed by atoms with Crippen LogP contribution in [0.2, 0.25) is 0 Å². The SMILES string of the molecule is CC(C)c1cc(C(C)C)c(-c2cccc(-c3cc4ccccc4c(-c4c(O)c(-c5cccc(-c6c(C(C)C)cc(C(C)C)cc6C(C)C)c5O)cc5ccccc45)c3O)c2O)c(C(C)C)c1.Cc1cccc(C)c1-c1cccc(-c2cc3ccccc3c(-c3c(O)c(-c4cccc(-c5c(C)cccc5C)c4O)cc4ccccc34)c2O)c1O. The molecule has 0 fully saturated rings. The van der Waals surface area contributed by atoms with E-state index >= 15 is 0 Å². The number of rotatable bonds is 16. The Labute approximate surface area is 693 Å². The van der Waals surface area contributed by atoms with Crippen molar-refractivity contribution in [3.8, 4) is 157 Å². The molecule has 0 heterocycles. The number of aryl methyl sites for hydroxylation is 4. The van der Waals surface area contributed by atoms with Crippen molar-refractivity contribution in [1.82, 2.24) is 0 Å². The van der Waals surface area contributed by atoms with Crippen LogP contribution in [0.5, 0.6) is 46.0 Å². The highest BCUT2D eigenvalue weighted by atomic mass is 16.3. The van der Waals surface area contributed by atoms with Gasteiger partial charge in [-0.25, -0.2) is 0 Å². The van der Waals surface area contributed by atoms with Crippen molar-refractivity contribution in [2.75, 3.05) is 0 Å². The van der Waals surface area contributed by atoms with Crippen molar-refractivity contribution in [2.24, 2.45) is 0 Å². The number of benzene rings is 16. The molecule has 0 saturated carbocycles. The standard InChI is InChI=1S/C62H66O4.C48H38O4/c1-33(2)41-29-49(35(5)6)55(50(30-41)36(7)8)47-25-17-23-45(59(47)63)53-27-39-19-13-15-21-43(39)57(61(53)65)58-44-22-16-14-20-40(44)28-54(62(58)66)46-24-18-26-48(60(46)64)56-51(37(9)10)31-42(34(3)4)32-52(56)38(11)12;1-27-13-9-14-28(2)41(27)37-23-11-21-35(45(37)49)39-25-31-17-5-7-19-33(31)43(47(39)51)44-34-20-8-6-18-32(34)26-40(48(44)52)36-22-12-24-38(46(36)50)42-29(3)15-10-16-30(42)4/h13-38,63-66H,1-12H3;5-26,49-52H,1-4H3. The third kappa shape index (κ3) is 14.2. The molecule has 0 radical (unpaired) electrons. The molecule has 0 saturated heterocycles. The maximum absolute atomic E-state index is 12.9. The first-order valence-electron chi connectivity index (χ1n) is 41.3. The second-order valence-corrected chi connectivity index (χ2v) is 33.9. The molecule has 8 nitrogen and oxygen atoms in total. The van der Waals surface area contributed by atoms with E-state index in [1.807, 2.05) is 258 Å². The second kappa shape index (κ2) is 32.2. The van der Waals surface area contributed by atoms with Gasteiger partial charge < -0.3 is 40.9 Å². The number of fused-ring (bicyclic) bond motifs is 4. The largest absolute Gasteiger partial charge is 0.507 e. The predicted octanol–water partition coefficient (Wildman–Crippen LogP) is 30.3. The van der Waals surface area contributed by atoms with Gasteiger partial charge in [0.05, 0.1) is 0 Å². The van der Waals surface area contributed by atoms with E-state index in [0.29, 0.717) is 89.7 Å². The molecule has 0 unspecified atom stereocenters. The summed E-state index contributed by atoms with van der Waals surface area (Å²) in [6, 6.07) is 82.9. The van der Waals surface area contributed by atoms with Crippen molar-refractivity contribution >= 4 is 43.1 Å². The maximum atomic E-state index is 12.9. The Morgan fingerprint density at radius 2 is 0.364 bits per heavy atom. The van der Waals surface area contributed by atoms with Crippen LogP contribution in [0.4, 0.5) is 0 Å². The fraction of sp³-hybridized carbons (Fsp3) is 0.200. The van der Waals surface area contributed by atoms with E-state index in [4.69, 9.17) is 0 Å². The van der Waals surface area contributed by atoms with Crippen molar-refractivity contribution in [3.63, 3.8) is 0 Å². The first kappa shape index (κ1) is 80.2. The number of hydrogen-bond donors (Lipinski definition) is 8. The molecular formula is C110H104O8. The summed E-state index contributed by atoms with van der Waals surface area (Å²) in [7, 11) is 0. The third-order valence-electron chi connectivity index (χ3n) is 24.2. The van der Waals surface area contributed by atoms with Crippen LogP contribution in [0.1, 0.15) is 174 Å². The lowest BCUT2D eigenvalue weighted by molar-refractivity contribution is 0.467. The summed E-state index contributed by atoms with van der Waals surface area (Å²) in [6.07, 6.45) is 0. The van der Waals surface area contributed by atoms with Gasteiger partial charge in [0.25, 0.3) is 0 Å². The molecular weight excluding hydrogens is 1450 g/mol. The van der Waals surface area contributed by atoms with Gasteiger partial charge in [-0.15, -0.1) is 0 Å². The smallest absolute Gasteiger partial charge is 0.132 e. The van der Waals surface area contributed by atoms with Gasteiger partial charge in [-0.05, 0) is 208 Å². The van der Waals surface area contributed by atoms with Crippen LogP contribution >= 0.6 is 0 Å². The molecule has 16 rings (SSSR count). The Morgan fingerprint density at radius 3 is 0.576 bits per heavy atom. The Hall–Kier alpha value is -13.0. The topological polar surface area (TPSA) is 162 Å². The maximum Gasteiger partial charge on any atom is 0.132 e. The average Bonchev–Trinajstić information content (AvgIpc) is 0.731. The van der Waals surface area contributed by atoms with Gasteiger partial charge >= 0.3 is 0 Å². The monoisotopic (exact) mass is 1550 g/mol. The quantitative estimate of drug-likeness (QED) is 0.0474. The fourth-order valence-corrected chi connectivity index (χ4v) is 18.0. The average molecular weight is 1550 g/mol. The molecule has 0 aromatic heterocycles. The van der Waals surface area contributed by atoms with Crippen molar-refractivity contribution < 1.29 is 40.9 Å². The van der Waals surface area contributed by atoms with E-state index in [9.17, 15) is 40.9 Å². The molecule has 0 aliphatic heterocycles. The van der Waals surface area contributed by atoms with E-state index in [-0.39, 0.29) is 69.7 Å². The summed E-state index contributed by atoms with van der Waals surface area (Å²) in [5.41, 5.74) is 23.6. The highest BCUT2D eigenvalue weighted by Gasteiger charge is 2.32. The van der Waals surface area contributed by atoms with Crippen LogP contribution < -0.4 is 0 Å². The van der Waals surface area contributed by atoms with Crippen LogP contribution in [0.15, 0.2) is 255 Å². The molecule has 16 aromatic carbocycles. The molecule has 0 aliphatic rings. The number of aromatic hydroxyl groups is 8. The first-order chi connectivity index (χ1) is 56.6. The number of phenols is 8. The van der Waals surface area contributed by atoms with Gasteiger partial charge in [0.2, 0.25) is 0 Å². The lowest BCUT2D eigenvalue weighted by Crippen LogP contribution is -2.04. The van der Waals surface area contributed by atoms with Gasteiger partial charge in [-0.3, -0.25) is 0 Å². The molecule has 8 N–H and O–H groups in total. The molecule has 16 aromatic rings. The van der Waals surface area contributed by atoms with E-state index in [1.165, 1.54) is 33.4 Å². The minimum absolute atomic E-state index is 0.0616. The zero-order valence-corrected chi connectivity index (χ0v) is 70.3. The van der Waals surface area contributed by atoms with Crippen LogP contribution in [-0.2, 0) is 0 Å². The fourth-order valence-electron chi connectivity index (χ4n) is 18.0. The normalized spacial score (nSPS) is 11.8. The molecule has 0 spiro atoms. The molecule has 0 amide bonds. The molecule has 592 valence electrons. The second-order valence-electron chi connectivity index (χ2n) is 33.9. The van der Waals surface area contributed by atoms with E-state index in [1.54, 1.807) is 0 Å². The van der Waals surface area contributed by atoms with E-state index in [0.717, 1.165) is 98.7 Å². The van der Waals surface area contributed by atoms with Crippen molar-refractivity contribution in [1.29, 1.82) is 0 Å². The number of hydrogen-bond acceptors (Lipinski definition) is 8. The van der Waals surface area contributed by atoms with Gasteiger partial charge in [0.15, 0.2) is 0 Å². The summed E-state index contributed by atoms with van der Waals surface area (Å²) in [4.78, 5) is 0. The van der Waals surface area contributed by atoms with Crippen LogP contribution in [-0.4, -0.2) is 40.9 Å². The summed E-state index contributed by atoms with van der Waals surface area (Å²) in [5, 5.41) is 106. The molecule has 8 heteroatoms. The minimum atomic E-state index is -0.0706. The first-order valence-corrected chi connectivity index (χ1v) is 41.3. The highest BCUT2D eigenvalue weighted by Crippen LogP contribution is 2.59. The predicted molar refractivity (Wildman–Crippen MR) is 494 cm³/mol. The molecule has 0 bridgehead atoms. The zero-order valence-electron chi connectivity index (χ0n) is 70.3. The highest BCUT2D eigenvalue weighted by molar-refractivity contribution is 6.17. The summed E-state index contributed by atoms with van der Waals surface area (Å²) in [6.45, 7) is 34.6. The van der Waals surface area contributed by atoms with Gasteiger partial charge in [-0.2, -0.15) is 0 Å². The van der Waals surface area contributed by atoms with Gasteiger partial charge in [0, 0.05) is 89.0 Å². The Balaban J connectivity index is 0.000000190. The molecule has 0 aliphatic carbocycles. The molecule has 0 atom stereocenters. The summed E-state index contributed by atoms with van der Waals surface area (Å²) >= 11 is 0. The zero-order chi connectivity index (χ0) is 83.7. The van der Waals surface area contributed by atoms with E-state index < -0.39 is 0 Å². The van der Waals surface area contributed by atoms with Crippen molar-refractivity contribution in [2.45, 2.75) is 146 Å². The Kier molecular flexibility index (Phi) is 21.9. The van der Waals surface area contributed by atoms with E-state index in [2.05, 4.69) is 107 Å². The van der Waals surface area contributed by atoms with Crippen LogP contribution in [0.25, 0.3) is 154 Å². The third-order valence-corrected chi connectivity index (χ3v) is 24.2. The minimum Gasteiger partial charge on any atom is -0.507 e. The summed E-state index contributed by atoms with van der Waals surface area (Å²) in [5.74, 6) is 1.51. The van der Waals surface area contributed by atoms with Gasteiger partial charge in [0.1, 0.15) is 46.0 Å². The van der Waals surface area contributed by atoms with Crippen molar-refractivity contribution in [3.05, 3.63) is 310 Å².